The van der Waals surface area contributed by atoms with Gasteiger partial charge in [0.05, 0.1) is 17.0 Å². The molecule has 1 atom stereocenters. The summed E-state index contributed by atoms with van der Waals surface area (Å²) in [6.07, 6.45) is 1.90. The van der Waals surface area contributed by atoms with Crippen LogP contribution in [0.4, 0.5) is 14.6 Å². The van der Waals surface area contributed by atoms with Gasteiger partial charge in [-0.2, -0.15) is 0 Å². The molecule has 22 heavy (non-hydrogen) atoms. The van der Waals surface area contributed by atoms with Crippen molar-refractivity contribution in [1.29, 1.82) is 0 Å². The molecule has 8 heteroatoms. The molecule has 1 aromatic heterocycles. The average molecular weight is 327 g/mol. The van der Waals surface area contributed by atoms with Gasteiger partial charge in [-0.15, -0.1) is 0 Å². The molecule has 1 fully saturated rings. The third-order valence-corrected chi connectivity index (χ3v) is 5.71. The minimum absolute atomic E-state index is 0.0188. The maximum atomic E-state index is 13.5. The molecular formula is C14H15F2N3O2S. The van der Waals surface area contributed by atoms with E-state index in [0.717, 1.165) is 12.1 Å². The zero-order chi connectivity index (χ0) is 15.9. The number of rotatable bonds is 3. The number of hydrogen-bond acceptors (Lipinski definition) is 5. The van der Waals surface area contributed by atoms with Crippen LogP contribution in [0.5, 0.6) is 0 Å². The predicted octanol–water partition coefficient (Wildman–Crippen LogP) is 1.78. The Hall–Kier alpha value is -1.83. The molecule has 0 aliphatic carbocycles. The smallest absolute Gasteiger partial charge is 0.161 e. The number of anilines is 1. The fourth-order valence-electron chi connectivity index (χ4n) is 2.83. The van der Waals surface area contributed by atoms with Crippen molar-refractivity contribution >= 4 is 26.6 Å². The van der Waals surface area contributed by atoms with Gasteiger partial charge < -0.3 is 4.90 Å². The molecule has 5 nitrogen and oxygen atoms in total. The van der Waals surface area contributed by atoms with Crippen LogP contribution in [0, 0.1) is 17.6 Å². The Bertz CT molecular complexity index is 826. The normalized spacial score (nSPS) is 20.4. The Morgan fingerprint density at radius 3 is 2.68 bits per heavy atom. The zero-order valence-electron chi connectivity index (χ0n) is 12.0. The monoisotopic (exact) mass is 327 g/mol. The number of halogens is 2. The van der Waals surface area contributed by atoms with Crippen molar-refractivity contribution < 1.29 is 17.2 Å². The second kappa shape index (κ2) is 5.42. The first-order valence-electron chi connectivity index (χ1n) is 6.87. The third kappa shape index (κ3) is 2.87. The van der Waals surface area contributed by atoms with E-state index in [-0.39, 0.29) is 17.4 Å². The van der Waals surface area contributed by atoms with E-state index in [9.17, 15) is 17.2 Å². The first kappa shape index (κ1) is 15.1. The van der Waals surface area contributed by atoms with E-state index in [0.29, 0.717) is 29.7 Å². The van der Waals surface area contributed by atoms with Crippen LogP contribution in [-0.2, 0) is 9.84 Å². The van der Waals surface area contributed by atoms with Crippen LogP contribution in [0.2, 0.25) is 0 Å². The standard InChI is InChI=1S/C14H15F2N3O2S/c1-19(6-9-2-3-22(20,21)7-9)14-10-4-11(15)12(16)5-13(10)17-8-18-14/h4-5,8-9H,2-3,6-7H2,1H3. The van der Waals surface area contributed by atoms with Crippen LogP contribution in [0.25, 0.3) is 10.9 Å². The minimum atomic E-state index is -2.95. The Labute approximate surface area is 126 Å². The molecule has 1 aromatic carbocycles. The predicted molar refractivity (Wildman–Crippen MR) is 79.5 cm³/mol. The highest BCUT2D eigenvalue weighted by atomic mass is 32.2. The summed E-state index contributed by atoms with van der Waals surface area (Å²) in [6.45, 7) is 0.490. The third-order valence-electron chi connectivity index (χ3n) is 3.88. The molecule has 1 aliphatic heterocycles. The molecule has 0 spiro atoms. The summed E-state index contributed by atoms with van der Waals surface area (Å²) in [6, 6.07) is 2.10. The number of fused-ring (bicyclic) bond motifs is 1. The van der Waals surface area contributed by atoms with Gasteiger partial charge >= 0.3 is 0 Å². The maximum absolute atomic E-state index is 13.5. The van der Waals surface area contributed by atoms with Crippen LogP contribution < -0.4 is 4.90 Å². The van der Waals surface area contributed by atoms with Gasteiger partial charge in [0.25, 0.3) is 0 Å². The van der Waals surface area contributed by atoms with E-state index in [1.165, 1.54) is 6.33 Å². The molecule has 0 amide bonds. The summed E-state index contributed by atoms with van der Waals surface area (Å²) in [5.74, 6) is -1.07. The SMILES string of the molecule is CN(CC1CCS(=O)(=O)C1)c1ncnc2cc(F)c(F)cc12. The zero-order valence-corrected chi connectivity index (χ0v) is 12.8. The van der Waals surface area contributed by atoms with Gasteiger partial charge in [-0.05, 0) is 18.4 Å². The van der Waals surface area contributed by atoms with Gasteiger partial charge in [-0.3, -0.25) is 0 Å². The summed E-state index contributed by atoms with van der Waals surface area (Å²) in [4.78, 5) is 9.84. The minimum Gasteiger partial charge on any atom is -0.359 e. The lowest BCUT2D eigenvalue weighted by atomic mass is 10.1. The van der Waals surface area contributed by atoms with Crippen LogP contribution >= 0.6 is 0 Å². The van der Waals surface area contributed by atoms with Gasteiger partial charge in [0.15, 0.2) is 21.5 Å². The van der Waals surface area contributed by atoms with Crippen LogP contribution in [0.15, 0.2) is 18.5 Å². The second-order valence-electron chi connectivity index (χ2n) is 5.63. The summed E-state index contributed by atoms with van der Waals surface area (Å²) in [5.41, 5.74) is 0.315. The Balaban J connectivity index is 1.91. The lowest BCUT2D eigenvalue weighted by Crippen LogP contribution is -2.27. The Morgan fingerprint density at radius 2 is 2.00 bits per heavy atom. The molecule has 0 saturated carbocycles. The van der Waals surface area contributed by atoms with Crippen molar-refractivity contribution in [2.75, 3.05) is 30.0 Å². The molecule has 0 radical (unpaired) electrons. The molecule has 2 heterocycles. The number of aromatic nitrogens is 2. The molecule has 1 aliphatic rings. The van der Waals surface area contributed by atoms with Gasteiger partial charge in [0.2, 0.25) is 0 Å². The van der Waals surface area contributed by atoms with E-state index >= 15 is 0 Å². The van der Waals surface area contributed by atoms with Crippen molar-refractivity contribution in [3.63, 3.8) is 0 Å². The van der Waals surface area contributed by atoms with E-state index in [2.05, 4.69) is 9.97 Å². The quantitative estimate of drug-likeness (QED) is 0.860. The summed E-state index contributed by atoms with van der Waals surface area (Å²) >= 11 is 0. The first-order valence-corrected chi connectivity index (χ1v) is 8.69. The van der Waals surface area contributed by atoms with Crippen LogP contribution in [0.3, 0.4) is 0 Å². The molecule has 1 unspecified atom stereocenters. The largest absolute Gasteiger partial charge is 0.359 e. The molecule has 0 N–H and O–H groups in total. The lowest BCUT2D eigenvalue weighted by Gasteiger charge is -2.22. The first-order chi connectivity index (χ1) is 10.4. The van der Waals surface area contributed by atoms with E-state index in [1.807, 2.05) is 0 Å². The molecule has 2 aromatic rings. The highest BCUT2D eigenvalue weighted by molar-refractivity contribution is 7.91. The van der Waals surface area contributed by atoms with Crippen LogP contribution in [-0.4, -0.2) is 43.5 Å². The van der Waals surface area contributed by atoms with Crippen LogP contribution in [0.1, 0.15) is 6.42 Å². The highest BCUT2D eigenvalue weighted by Gasteiger charge is 2.29. The van der Waals surface area contributed by atoms with Gasteiger partial charge in [-0.1, -0.05) is 0 Å². The van der Waals surface area contributed by atoms with Crippen molar-refractivity contribution in [2.45, 2.75) is 6.42 Å². The molecule has 1 saturated heterocycles. The molecule has 0 bridgehead atoms. The van der Waals surface area contributed by atoms with E-state index < -0.39 is 21.5 Å². The fraction of sp³-hybridized carbons (Fsp3) is 0.429. The summed E-state index contributed by atoms with van der Waals surface area (Å²) in [5, 5.41) is 0.407. The Morgan fingerprint density at radius 1 is 1.27 bits per heavy atom. The summed E-state index contributed by atoms with van der Waals surface area (Å²) in [7, 11) is -1.19. The Kier molecular flexibility index (Phi) is 3.72. The fourth-order valence-corrected chi connectivity index (χ4v) is 4.68. The van der Waals surface area contributed by atoms with Crippen molar-refractivity contribution in [1.82, 2.24) is 9.97 Å². The van der Waals surface area contributed by atoms with Crippen molar-refractivity contribution in [2.24, 2.45) is 5.92 Å². The van der Waals surface area contributed by atoms with Crippen molar-refractivity contribution in [3.05, 3.63) is 30.1 Å². The lowest BCUT2D eigenvalue weighted by molar-refractivity contribution is 0.510. The topological polar surface area (TPSA) is 63.2 Å². The number of sulfone groups is 1. The second-order valence-corrected chi connectivity index (χ2v) is 7.86. The van der Waals surface area contributed by atoms with Gasteiger partial charge in [-0.25, -0.2) is 27.2 Å². The van der Waals surface area contributed by atoms with Gasteiger partial charge in [0, 0.05) is 25.0 Å². The number of benzene rings is 1. The number of nitrogens with zero attached hydrogens (tertiary/aromatic N) is 3. The molecular weight excluding hydrogens is 312 g/mol. The molecule has 118 valence electrons. The van der Waals surface area contributed by atoms with Crippen molar-refractivity contribution in [3.8, 4) is 0 Å². The maximum Gasteiger partial charge on any atom is 0.161 e. The van der Waals surface area contributed by atoms with E-state index in [4.69, 9.17) is 0 Å². The molecule has 3 rings (SSSR count). The average Bonchev–Trinajstić information content (AvgIpc) is 2.78. The highest BCUT2D eigenvalue weighted by Crippen LogP contribution is 2.27. The van der Waals surface area contributed by atoms with Gasteiger partial charge in [0.1, 0.15) is 12.1 Å². The van der Waals surface area contributed by atoms with E-state index in [1.54, 1.807) is 11.9 Å². The summed E-state index contributed by atoms with van der Waals surface area (Å²) < 4.78 is 49.8. The number of hydrogen-bond donors (Lipinski definition) is 0.